The molecule has 0 aliphatic rings. The Balaban J connectivity index is 1.89. The quantitative estimate of drug-likeness (QED) is 0.776. The molecule has 2 aromatic heterocycles. The maximum Gasteiger partial charge on any atom is 0.0702 e. The van der Waals surface area contributed by atoms with Crippen LogP contribution in [0.4, 0.5) is 0 Å². The molecule has 0 radical (unpaired) electrons. The van der Waals surface area contributed by atoms with Crippen LogP contribution in [-0.2, 0) is 6.42 Å². The fourth-order valence-electron chi connectivity index (χ4n) is 2.11. The molecule has 0 bridgehead atoms. The van der Waals surface area contributed by atoms with Crippen LogP contribution in [0.1, 0.15) is 17.2 Å². The number of hydrogen-bond donors (Lipinski definition) is 1. The number of benzene rings is 1. The molecule has 1 atom stereocenters. The summed E-state index contributed by atoms with van der Waals surface area (Å²) in [6, 6.07) is 12.5. The highest BCUT2D eigenvalue weighted by Crippen LogP contribution is 2.21. The first-order chi connectivity index (χ1) is 8.83. The molecular weight excluding hydrogens is 240 g/mol. The fourth-order valence-corrected chi connectivity index (χ4v) is 2.79. The van der Waals surface area contributed by atoms with Crippen LogP contribution < -0.4 is 5.73 Å². The van der Waals surface area contributed by atoms with Gasteiger partial charge in [-0.15, -0.1) is 0 Å². The molecule has 2 heterocycles. The molecule has 3 heteroatoms. The minimum Gasteiger partial charge on any atom is -0.324 e. The van der Waals surface area contributed by atoms with Gasteiger partial charge in [-0.2, -0.15) is 11.3 Å². The zero-order chi connectivity index (χ0) is 12.4. The summed E-state index contributed by atoms with van der Waals surface area (Å²) in [5, 5.41) is 5.39. The van der Waals surface area contributed by atoms with E-state index in [-0.39, 0.29) is 6.04 Å². The van der Waals surface area contributed by atoms with Crippen molar-refractivity contribution in [3.05, 3.63) is 64.5 Å². The van der Waals surface area contributed by atoms with E-state index in [1.807, 2.05) is 18.3 Å². The maximum absolute atomic E-state index is 6.26. The number of nitrogens with two attached hydrogens (primary N) is 1. The highest BCUT2D eigenvalue weighted by atomic mass is 32.1. The summed E-state index contributed by atoms with van der Waals surface area (Å²) in [4.78, 5) is 4.32. The minimum absolute atomic E-state index is 0.0456. The summed E-state index contributed by atoms with van der Waals surface area (Å²) in [6.07, 6.45) is 2.70. The molecule has 0 fully saturated rings. The van der Waals surface area contributed by atoms with E-state index >= 15 is 0 Å². The van der Waals surface area contributed by atoms with Crippen LogP contribution in [0.2, 0.25) is 0 Å². The lowest BCUT2D eigenvalue weighted by atomic mass is 10.00. The van der Waals surface area contributed by atoms with Gasteiger partial charge in [0.05, 0.1) is 5.52 Å². The Morgan fingerprint density at radius 2 is 2.17 bits per heavy atom. The van der Waals surface area contributed by atoms with Gasteiger partial charge in [0.15, 0.2) is 0 Å². The van der Waals surface area contributed by atoms with Crippen LogP contribution in [0.25, 0.3) is 10.9 Å². The number of nitrogens with zero attached hydrogens (tertiary/aromatic N) is 1. The number of thiophene rings is 1. The summed E-state index contributed by atoms with van der Waals surface area (Å²) in [5.41, 5.74) is 9.75. The second-order valence-electron chi connectivity index (χ2n) is 4.40. The van der Waals surface area contributed by atoms with Gasteiger partial charge in [-0.05, 0) is 52.6 Å². The molecule has 3 rings (SSSR count). The lowest BCUT2D eigenvalue weighted by Gasteiger charge is -2.11. The monoisotopic (exact) mass is 254 g/mol. The van der Waals surface area contributed by atoms with Gasteiger partial charge >= 0.3 is 0 Å². The van der Waals surface area contributed by atoms with E-state index in [1.165, 1.54) is 11.1 Å². The SMILES string of the molecule is NC(Cc1ccsc1)c1ccc2ncccc2c1. The number of rotatable bonds is 3. The molecule has 18 heavy (non-hydrogen) atoms. The topological polar surface area (TPSA) is 38.9 Å². The molecular formula is C15H14N2S. The predicted octanol–water partition coefficient (Wildman–Crippen LogP) is 3.54. The molecule has 0 aliphatic heterocycles. The molecule has 0 amide bonds. The third-order valence-corrected chi connectivity index (χ3v) is 3.82. The first-order valence-corrected chi connectivity index (χ1v) is 6.88. The Labute approximate surface area is 110 Å². The number of aromatic nitrogens is 1. The molecule has 90 valence electrons. The zero-order valence-electron chi connectivity index (χ0n) is 9.91. The molecule has 0 spiro atoms. The predicted molar refractivity (Wildman–Crippen MR) is 76.7 cm³/mol. The minimum atomic E-state index is 0.0456. The van der Waals surface area contributed by atoms with Crippen molar-refractivity contribution < 1.29 is 0 Å². The highest BCUT2D eigenvalue weighted by molar-refractivity contribution is 7.07. The van der Waals surface area contributed by atoms with E-state index in [0.717, 1.165) is 17.3 Å². The van der Waals surface area contributed by atoms with E-state index in [9.17, 15) is 0 Å². The standard InChI is InChI=1S/C15H14N2S/c16-14(8-11-5-7-18-10-11)12-3-4-15-13(9-12)2-1-6-17-15/h1-7,9-10,14H,8,16H2. The Morgan fingerprint density at radius 1 is 1.22 bits per heavy atom. The van der Waals surface area contributed by atoms with Gasteiger partial charge in [-0.3, -0.25) is 4.98 Å². The van der Waals surface area contributed by atoms with Crippen molar-refractivity contribution in [2.24, 2.45) is 5.73 Å². The van der Waals surface area contributed by atoms with Crippen LogP contribution in [0, 0.1) is 0 Å². The molecule has 1 aromatic carbocycles. The smallest absolute Gasteiger partial charge is 0.0702 e. The Bertz CT molecular complexity index is 646. The molecule has 2 N–H and O–H groups in total. The van der Waals surface area contributed by atoms with E-state index in [2.05, 4.69) is 40.0 Å². The third-order valence-electron chi connectivity index (χ3n) is 3.09. The molecule has 0 saturated heterocycles. The van der Waals surface area contributed by atoms with Crippen molar-refractivity contribution in [1.29, 1.82) is 0 Å². The Kier molecular flexibility index (Phi) is 3.09. The summed E-state index contributed by atoms with van der Waals surface area (Å²) in [6.45, 7) is 0. The van der Waals surface area contributed by atoms with E-state index in [4.69, 9.17) is 5.73 Å². The van der Waals surface area contributed by atoms with Crippen molar-refractivity contribution in [2.45, 2.75) is 12.5 Å². The van der Waals surface area contributed by atoms with Crippen LogP contribution in [-0.4, -0.2) is 4.98 Å². The largest absolute Gasteiger partial charge is 0.324 e. The fraction of sp³-hybridized carbons (Fsp3) is 0.133. The van der Waals surface area contributed by atoms with Crippen LogP contribution in [0.3, 0.4) is 0 Å². The number of hydrogen-bond acceptors (Lipinski definition) is 3. The lowest BCUT2D eigenvalue weighted by molar-refractivity contribution is 0.725. The number of pyridine rings is 1. The third kappa shape index (κ3) is 2.28. The van der Waals surface area contributed by atoms with E-state index in [0.29, 0.717) is 0 Å². The molecule has 0 saturated carbocycles. The van der Waals surface area contributed by atoms with Crippen molar-refractivity contribution in [3.8, 4) is 0 Å². The van der Waals surface area contributed by atoms with Gasteiger partial charge in [-0.1, -0.05) is 12.1 Å². The van der Waals surface area contributed by atoms with E-state index in [1.54, 1.807) is 11.3 Å². The van der Waals surface area contributed by atoms with Crippen molar-refractivity contribution >= 4 is 22.2 Å². The van der Waals surface area contributed by atoms with Crippen LogP contribution in [0.15, 0.2) is 53.4 Å². The second kappa shape index (κ2) is 4.88. The summed E-state index contributed by atoms with van der Waals surface area (Å²) in [7, 11) is 0. The van der Waals surface area contributed by atoms with E-state index < -0.39 is 0 Å². The maximum atomic E-state index is 6.26. The first-order valence-electron chi connectivity index (χ1n) is 5.94. The van der Waals surface area contributed by atoms with Crippen molar-refractivity contribution in [3.63, 3.8) is 0 Å². The molecule has 2 nitrogen and oxygen atoms in total. The Hall–Kier alpha value is -1.71. The average Bonchev–Trinajstić information content (AvgIpc) is 2.91. The van der Waals surface area contributed by atoms with Gasteiger partial charge in [0.2, 0.25) is 0 Å². The lowest BCUT2D eigenvalue weighted by Crippen LogP contribution is -2.12. The van der Waals surface area contributed by atoms with Gasteiger partial charge < -0.3 is 5.73 Å². The van der Waals surface area contributed by atoms with Gasteiger partial charge in [0.1, 0.15) is 0 Å². The van der Waals surface area contributed by atoms with Crippen molar-refractivity contribution in [2.75, 3.05) is 0 Å². The van der Waals surface area contributed by atoms with Crippen molar-refractivity contribution in [1.82, 2.24) is 4.98 Å². The summed E-state index contributed by atoms with van der Waals surface area (Å²) < 4.78 is 0. The first kappa shape index (κ1) is 11.4. The summed E-state index contributed by atoms with van der Waals surface area (Å²) >= 11 is 1.71. The zero-order valence-corrected chi connectivity index (χ0v) is 10.7. The van der Waals surface area contributed by atoms with Gasteiger partial charge in [0, 0.05) is 17.6 Å². The molecule has 3 aromatic rings. The summed E-state index contributed by atoms with van der Waals surface area (Å²) in [5.74, 6) is 0. The highest BCUT2D eigenvalue weighted by Gasteiger charge is 2.08. The van der Waals surface area contributed by atoms with Crippen LogP contribution >= 0.6 is 11.3 Å². The number of fused-ring (bicyclic) bond motifs is 1. The average molecular weight is 254 g/mol. The molecule has 0 aliphatic carbocycles. The molecule has 1 unspecified atom stereocenters. The normalized spacial score (nSPS) is 12.7. The Morgan fingerprint density at radius 3 is 3.00 bits per heavy atom. The second-order valence-corrected chi connectivity index (χ2v) is 5.18. The van der Waals surface area contributed by atoms with Crippen LogP contribution in [0.5, 0.6) is 0 Å². The van der Waals surface area contributed by atoms with Gasteiger partial charge in [0.25, 0.3) is 0 Å². The van der Waals surface area contributed by atoms with Gasteiger partial charge in [-0.25, -0.2) is 0 Å².